The first kappa shape index (κ1) is 8.91. The topological polar surface area (TPSA) is 67.6 Å². The maximum atomic E-state index is 5.59. The number of benzene rings is 1. The predicted molar refractivity (Wildman–Crippen MR) is 63.7 cm³/mol. The second-order valence-corrected chi connectivity index (χ2v) is 3.54. The van der Waals surface area contributed by atoms with Crippen molar-refractivity contribution in [2.24, 2.45) is 0 Å². The number of hydrogen-bond acceptors (Lipinski definition) is 3. The van der Waals surface area contributed by atoms with E-state index in [9.17, 15) is 0 Å². The molecule has 0 aliphatic rings. The molecule has 0 bridgehead atoms. The van der Waals surface area contributed by atoms with Crippen molar-refractivity contribution in [3.63, 3.8) is 0 Å². The lowest BCUT2D eigenvalue weighted by Gasteiger charge is -2.02. The van der Waals surface area contributed by atoms with Crippen LogP contribution in [0.5, 0.6) is 0 Å². The summed E-state index contributed by atoms with van der Waals surface area (Å²) in [5.74, 6) is 0.296. The Morgan fingerprint density at radius 3 is 2.94 bits per heavy atom. The van der Waals surface area contributed by atoms with Crippen LogP contribution in [0.25, 0.3) is 22.2 Å². The normalized spacial score (nSPS) is 10.8. The lowest BCUT2D eigenvalue weighted by atomic mass is 10.1. The molecule has 1 aromatic carbocycles. The Bertz CT molecular complexity index is 642. The molecule has 3 rings (SSSR count). The van der Waals surface area contributed by atoms with E-state index in [4.69, 9.17) is 5.73 Å². The average molecular weight is 210 g/mol. The highest BCUT2D eigenvalue weighted by molar-refractivity contribution is 5.94. The van der Waals surface area contributed by atoms with Crippen LogP contribution in [0.1, 0.15) is 0 Å². The summed E-state index contributed by atoms with van der Waals surface area (Å²) in [4.78, 5) is 11.3. The van der Waals surface area contributed by atoms with E-state index in [2.05, 4.69) is 15.0 Å². The van der Waals surface area contributed by atoms with Gasteiger partial charge in [0.2, 0.25) is 5.95 Å². The molecule has 0 atom stereocenters. The largest absolute Gasteiger partial charge is 0.368 e. The number of hydrogen-bond donors (Lipinski definition) is 2. The summed E-state index contributed by atoms with van der Waals surface area (Å²) in [6.45, 7) is 0. The van der Waals surface area contributed by atoms with Crippen molar-refractivity contribution in [2.75, 3.05) is 5.73 Å². The van der Waals surface area contributed by atoms with Crippen LogP contribution in [-0.2, 0) is 0 Å². The third-order valence-corrected chi connectivity index (χ3v) is 2.55. The Morgan fingerprint density at radius 2 is 2.06 bits per heavy atom. The monoisotopic (exact) mass is 210 g/mol. The molecular formula is C12H10N4. The van der Waals surface area contributed by atoms with Gasteiger partial charge in [-0.05, 0) is 18.2 Å². The number of fused-ring (bicyclic) bond motifs is 1. The van der Waals surface area contributed by atoms with Gasteiger partial charge in [-0.3, -0.25) is 0 Å². The van der Waals surface area contributed by atoms with Crippen LogP contribution in [0, 0.1) is 0 Å². The second kappa shape index (κ2) is 3.34. The van der Waals surface area contributed by atoms with Gasteiger partial charge in [-0.15, -0.1) is 0 Å². The average Bonchev–Trinajstić information content (AvgIpc) is 2.76. The number of nitrogen functional groups attached to an aromatic ring is 1. The van der Waals surface area contributed by atoms with E-state index in [-0.39, 0.29) is 0 Å². The first-order valence-corrected chi connectivity index (χ1v) is 4.99. The Kier molecular flexibility index (Phi) is 1.86. The summed E-state index contributed by atoms with van der Waals surface area (Å²) < 4.78 is 0. The number of aromatic amines is 1. The molecule has 0 saturated heterocycles. The summed E-state index contributed by atoms with van der Waals surface area (Å²) in [6.07, 6.45) is 3.59. The number of rotatable bonds is 1. The van der Waals surface area contributed by atoms with Crippen LogP contribution in [-0.4, -0.2) is 15.0 Å². The van der Waals surface area contributed by atoms with Gasteiger partial charge in [0, 0.05) is 28.9 Å². The van der Waals surface area contributed by atoms with Crippen molar-refractivity contribution in [2.45, 2.75) is 0 Å². The van der Waals surface area contributed by atoms with E-state index in [0.717, 1.165) is 22.2 Å². The van der Waals surface area contributed by atoms with Crippen molar-refractivity contribution in [1.29, 1.82) is 0 Å². The zero-order valence-corrected chi connectivity index (χ0v) is 8.51. The van der Waals surface area contributed by atoms with Gasteiger partial charge in [0.15, 0.2) is 0 Å². The van der Waals surface area contributed by atoms with Crippen LogP contribution in [0.2, 0.25) is 0 Å². The van der Waals surface area contributed by atoms with Gasteiger partial charge in [-0.1, -0.05) is 12.1 Å². The summed E-state index contributed by atoms with van der Waals surface area (Å²) in [7, 11) is 0. The molecule has 2 aromatic heterocycles. The molecule has 0 saturated carbocycles. The van der Waals surface area contributed by atoms with Crippen molar-refractivity contribution < 1.29 is 0 Å². The molecule has 0 spiro atoms. The summed E-state index contributed by atoms with van der Waals surface area (Å²) in [5.41, 5.74) is 8.59. The number of nitrogens with one attached hydrogen (secondary N) is 1. The highest BCUT2D eigenvalue weighted by Gasteiger charge is 2.05. The van der Waals surface area contributed by atoms with Gasteiger partial charge in [0.1, 0.15) is 0 Å². The molecule has 0 fully saturated rings. The Labute approximate surface area is 92.2 Å². The fraction of sp³-hybridized carbons (Fsp3) is 0. The first-order chi connectivity index (χ1) is 7.84. The van der Waals surface area contributed by atoms with E-state index in [1.54, 1.807) is 6.20 Å². The van der Waals surface area contributed by atoms with Crippen LogP contribution < -0.4 is 5.73 Å². The van der Waals surface area contributed by atoms with E-state index in [1.807, 2.05) is 36.5 Å². The van der Waals surface area contributed by atoms with Gasteiger partial charge in [0.05, 0.1) is 5.69 Å². The molecule has 0 unspecified atom stereocenters. The molecule has 3 N–H and O–H groups in total. The first-order valence-electron chi connectivity index (χ1n) is 4.99. The third-order valence-electron chi connectivity index (χ3n) is 2.55. The number of nitrogens with zero attached hydrogens (tertiary/aromatic N) is 2. The zero-order valence-electron chi connectivity index (χ0n) is 8.51. The van der Waals surface area contributed by atoms with E-state index in [1.165, 1.54) is 0 Å². The van der Waals surface area contributed by atoms with E-state index < -0.39 is 0 Å². The molecule has 3 aromatic rings. The van der Waals surface area contributed by atoms with Crippen LogP contribution >= 0.6 is 0 Å². The second-order valence-electron chi connectivity index (χ2n) is 3.54. The van der Waals surface area contributed by atoms with Gasteiger partial charge >= 0.3 is 0 Å². The molecular weight excluding hydrogens is 200 g/mol. The minimum atomic E-state index is 0.296. The van der Waals surface area contributed by atoms with Crippen LogP contribution in [0.15, 0.2) is 42.7 Å². The molecule has 16 heavy (non-hydrogen) atoms. The minimum absolute atomic E-state index is 0.296. The van der Waals surface area contributed by atoms with Gasteiger partial charge < -0.3 is 10.7 Å². The van der Waals surface area contributed by atoms with Crippen molar-refractivity contribution in [1.82, 2.24) is 15.0 Å². The molecule has 0 aliphatic heterocycles. The van der Waals surface area contributed by atoms with Crippen LogP contribution in [0.3, 0.4) is 0 Å². The summed E-state index contributed by atoms with van der Waals surface area (Å²) >= 11 is 0. The maximum absolute atomic E-state index is 5.59. The number of H-pyrrole nitrogens is 1. The highest BCUT2D eigenvalue weighted by atomic mass is 15.0. The molecule has 0 aliphatic carbocycles. The van der Waals surface area contributed by atoms with Gasteiger partial charge in [-0.25, -0.2) is 9.97 Å². The quantitative estimate of drug-likeness (QED) is 0.647. The van der Waals surface area contributed by atoms with Crippen molar-refractivity contribution in [3.8, 4) is 11.3 Å². The standard InChI is InChI=1S/C12H10N4/c13-12-15-7-5-11(16-12)8-2-1-3-10-9(8)4-6-14-10/h1-7,14H,(H2,13,15,16). The molecule has 0 radical (unpaired) electrons. The summed E-state index contributed by atoms with van der Waals surface area (Å²) in [5, 5.41) is 1.14. The maximum Gasteiger partial charge on any atom is 0.220 e. The van der Waals surface area contributed by atoms with Crippen molar-refractivity contribution in [3.05, 3.63) is 42.7 Å². The zero-order chi connectivity index (χ0) is 11.0. The molecule has 78 valence electrons. The highest BCUT2D eigenvalue weighted by Crippen LogP contribution is 2.26. The predicted octanol–water partition coefficient (Wildman–Crippen LogP) is 2.21. The van der Waals surface area contributed by atoms with E-state index >= 15 is 0 Å². The Morgan fingerprint density at radius 1 is 1.12 bits per heavy atom. The molecule has 4 nitrogen and oxygen atoms in total. The minimum Gasteiger partial charge on any atom is -0.368 e. The Balaban J connectivity index is 2.29. The SMILES string of the molecule is Nc1nccc(-c2cccc3[nH]ccc23)n1. The number of anilines is 1. The lowest BCUT2D eigenvalue weighted by Crippen LogP contribution is -1.95. The van der Waals surface area contributed by atoms with Gasteiger partial charge in [0.25, 0.3) is 0 Å². The lowest BCUT2D eigenvalue weighted by molar-refractivity contribution is 1.19. The smallest absolute Gasteiger partial charge is 0.220 e. The number of nitrogens with two attached hydrogens (primary N) is 1. The number of aromatic nitrogens is 3. The molecule has 0 amide bonds. The summed E-state index contributed by atoms with van der Waals surface area (Å²) in [6, 6.07) is 9.94. The van der Waals surface area contributed by atoms with Crippen LogP contribution in [0.4, 0.5) is 5.95 Å². The fourth-order valence-corrected chi connectivity index (χ4v) is 1.83. The molecule has 2 heterocycles. The fourth-order valence-electron chi connectivity index (χ4n) is 1.83. The third kappa shape index (κ3) is 1.32. The molecule has 4 heteroatoms. The van der Waals surface area contributed by atoms with Gasteiger partial charge in [-0.2, -0.15) is 0 Å². The van der Waals surface area contributed by atoms with Crippen molar-refractivity contribution >= 4 is 16.9 Å². The Hall–Kier alpha value is -2.36. The van der Waals surface area contributed by atoms with E-state index in [0.29, 0.717) is 5.95 Å².